The van der Waals surface area contributed by atoms with Gasteiger partial charge in [-0.15, -0.1) is 0 Å². The number of hydrogen-bond donors (Lipinski definition) is 1. The van der Waals surface area contributed by atoms with E-state index in [2.05, 4.69) is 10.2 Å². The molecule has 0 aromatic heterocycles. The normalized spacial score (nSPS) is 22.7. The van der Waals surface area contributed by atoms with Gasteiger partial charge in [0.15, 0.2) is 0 Å². The Morgan fingerprint density at radius 1 is 1.27 bits per heavy atom. The summed E-state index contributed by atoms with van der Waals surface area (Å²) >= 11 is 6.24. The lowest BCUT2D eigenvalue weighted by molar-refractivity contribution is -0.132. The first-order chi connectivity index (χ1) is 10.7. The van der Waals surface area contributed by atoms with Crippen LogP contribution in [0.1, 0.15) is 6.42 Å². The quantitative estimate of drug-likeness (QED) is 0.912. The van der Waals surface area contributed by atoms with Crippen LogP contribution in [0.25, 0.3) is 0 Å². The molecule has 2 saturated heterocycles. The molecule has 22 heavy (non-hydrogen) atoms. The van der Waals surface area contributed by atoms with E-state index >= 15 is 0 Å². The molecule has 0 bridgehead atoms. The molecule has 0 spiro atoms. The number of nitrogens with one attached hydrogen (secondary N) is 1. The predicted octanol–water partition coefficient (Wildman–Crippen LogP) is 1.37. The van der Waals surface area contributed by atoms with E-state index in [0.717, 1.165) is 50.0 Å². The molecule has 2 heterocycles. The van der Waals surface area contributed by atoms with Crippen molar-refractivity contribution < 1.29 is 9.53 Å². The molecule has 120 valence electrons. The number of ether oxygens (including phenoxy) is 1. The number of carbonyl (C=O) groups excluding carboxylic acids is 1. The maximum atomic E-state index is 12.4. The largest absolute Gasteiger partial charge is 0.378 e. The molecular formula is C16H22ClN3O2. The van der Waals surface area contributed by atoms with Gasteiger partial charge in [0.2, 0.25) is 5.91 Å². The predicted molar refractivity (Wildman–Crippen MR) is 87.5 cm³/mol. The van der Waals surface area contributed by atoms with Crippen LogP contribution < -0.4 is 10.2 Å². The summed E-state index contributed by atoms with van der Waals surface area (Å²) in [5.41, 5.74) is 1.05. The molecule has 0 saturated carbocycles. The summed E-state index contributed by atoms with van der Waals surface area (Å²) in [5, 5.41) is 4.10. The van der Waals surface area contributed by atoms with Gasteiger partial charge in [0.25, 0.3) is 0 Å². The number of amides is 1. The number of para-hydroxylation sites is 1. The lowest BCUT2D eigenvalue weighted by Crippen LogP contribution is -2.51. The van der Waals surface area contributed by atoms with Crippen molar-refractivity contribution in [3.8, 4) is 0 Å². The van der Waals surface area contributed by atoms with Crippen molar-refractivity contribution in [2.24, 2.45) is 0 Å². The van der Waals surface area contributed by atoms with Crippen LogP contribution in [-0.4, -0.2) is 62.8 Å². The molecule has 2 aliphatic rings. The minimum absolute atomic E-state index is 0.155. The molecule has 3 rings (SSSR count). The number of anilines is 1. The van der Waals surface area contributed by atoms with Gasteiger partial charge in [0.05, 0.1) is 23.9 Å². The van der Waals surface area contributed by atoms with Crippen LogP contribution in [0.3, 0.4) is 0 Å². The third-order valence-corrected chi connectivity index (χ3v) is 4.56. The molecule has 1 atom stereocenters. The Kier molecular flexibility index (Phi) is 5.18. The number of nitrogens with zero attached hydrogens (tertiary/aromatic N) is 2. The first-order valence-corrected chi connectivity index (χ1v) is 8.20. The number of halogens is 1. The molecule has 1 unspecified atom stereocenters. The Morgan fingerprint density at radius 2 is 2.05 bits per heavy atom. The second kappa shape index (κ2) is 7.31. The van der Waals surface area contributed by atoms with Crippen molar-refractivity contribution in [1.82, 2.24) is 10.2 Å². The molecule has 5 nitrogen and oxygen atoms in total. The van der Waals surface area contributed by atoms with Crippen molar-refractivity contribution in [3.63, 3.8) is 0 Å². The number of piperazine rings is 1. The molecule has 1 aromatic carbocycles. The van der Waals surface area contributed by atoms with Gasteiger partial charge in [-0.25, -0.2) is 0 Å². The Balaban J connectivity index is 1.51. The monoisotopic (exact) mass is 323 g/mol. The molecule has 2 aliphatic heterocycles. The van der Waals surface area contributed by atoms with Gasteiger partial charge in [-0.2, -0.15) is 0 Å². The Labute approximate surface area is 136 Å². The van der Waals surface area contributed by atoms with Crippen LogP contribution in [0.15, 0.2) is 24.3 Å². The Morgan fingerprint density at radius 3 is 2.73 bits per heavy atom. The molecule has 1 aromatic rings. The maximum absolute atomic E-state index is 12.4. The zero-order chi connectivity index (χ0) is 15.4. The summed E-state index contributed by atoms with van der Waals surface area (Å²) in [4.78, 5) is 16.6. The second-order valence-electron chi connectivity index (χ2n) is 5.75. The summed E-state index contributed by atoms with van der Waals surface area (Å²) in [6.45, 7) is 5.34. The smallest absolute Gasteiger partial charge is 0.224 e. The van der Waals surface area contributed by atoms with Crippen molar-refractivity contribution >= 4 is 23.2 Å². The average molecular weight is 324 g/mol. The summed E-state index contributed by atoms with van der Waals surface area (Å²) in [6.07, 6.45) is 0.520. The second-order valence-corrected chi connectivity index (χ2v) is 6.16. The molecule has 0 radical (unpaired) electrons. The number of benzene rings is 1. The van der Waals surface area contributed by atoms with Crippen LogP contribution in [0.2, 0.25) is 5.02 Å². The van der Waals surface area contributed by atoms with E-state index in [4.69, 9.17) is 16.3 Å². The molecule has 1 N–H and O–H groups in total. The van der Waals surface area contributed by atoms with Crippen LogP contribution in [0.5, 0.6) is 0 Å². The third-order valence-electron chi connectivity index (χ3n) is 4.24. The van der Waals surface area contributed by atoms with E-state index in [9.17, 15) is 4.79 Å². The van der Waals surface area contributed by atoms with Gasteiger partial charge in [0, 0.05) is 45.2 Å². The average Bonchev–Trinajstić information content (AvgIpc) is 2.56. The first kappa shape index (κ1) is 15.6. The van der Waals surface area contributed by atoms with Crippen LogP contribution in [0, 0.1) is 0 Å². The van der Waals surface area contributed by atoms with E-state index in [1.165, 1.54) is 0 Å². The number of rotatable bonds is 3. The lowest BCUT2D eigenvalue weighted by atomic mass is 10.1. The highest BCUT2D eigenvalue weighted by molar-refractivity contribution is 6.33. The highest BCUT2D eigenvalue weighted by atomic mass is 35.5. The van der Waals surface area contributed by atoms with Gasteiger partial charge in [-0.1, -0.05) is 23.7 Å². The highest BCUT2D eigenvalue weighted by Crippen LogP contribution is 2.26. The van der Waals surface area contributed by atoms with E-state index in [1.54, 1.807) is 0 Å². The van der Waals surface area contributed by atoms with Crippen LogP contribution >= 0.6 is 11.6 Å². The minimum atomic E-state index is 0.155. The maximum Gasteiger partial charge on any atom is 0.224 e. The minimum Gasteiger partial charge on any atom is -0.378 e. The van der Waals surface area contributed by atoms with Gasteiger partial charge >= 0.3 is 0 Å². The van der Waals surface area contributed by atoms with Gasteiger partial charge < -0.3 is 19.9 Å². The van der Waals surface area contributed by atoms with E-state index < -0.39 is 0 Å². The number of morpholine rings is 1. The third kappa shape index (κ3) is 3.72. The van der Waals surface area contributed by atoms with E-state index in [0.29, 0.717) is 13.0 Å². The fourth-order valence-corrected chi connectivity index (χ4v) is 3.25. The summed E-state index contributed by atoms with van der Waals surface area (Å²) in [7, 11) is 0. The summed E-state index contributed by atoms with van der Waals surface area (Å²) in [6, 6.07) is 8.02. The van der Waals surface area contributed by atoms with Crippen molar-refractivity contribution in [2.45, 2.75) is 12.5 Å². The zero-order valence-electron chi connectivity index (χ0n) is 12.6. The van der Waals surface area contributed by atoms with E-state index in [-0.39, 0.29) is 11.9 Å². The molecule has 2 fully saturated rings. The fraction of sp³-hybridized carbons (Fsp3) is 0.562. The van der Waals surface area contributed by atoms with Crippen LogP contribution in [0.4, 0.5) is 5.69 Å². The zero-order valence-corrected chi connectivity index (χ0v) is 13.4. The topological polar surface area (TPSA) is 44.8 Å². The fourth-order valence-electron chi connectivity index (χ4n) is 3.00. The summed E-state index contributed by atoms with van der Waals surface area (Å²) in [5.74, 6) is 0.210. The van der Waals surface area contributed by atoms with Crippen LogP contribution in [-0.2, 0) is 9.53 Å². The highest BCUT2D eigenvalue weighted by Gasteiger charge is 2.25. The summed E-state index contributed by atoms with van der Waals surface area (Å²) < 4.78 is 5.40. The van der Waals surface area contributed by atoms with Crippen molar-refractivity contribution in [1.29, 1.82) is 0 Å². The van der Waals surface area contributed by atoms with Crippen molar-refractivity contribution in [2.75, 3.05) is 50.8 Å². The standard InChI is InChI=1S/C16H22ClN3O2/c17-14-3-1-2-4-15(14)19-6-8-20(9-7-19)16(21)11-13-12-22-10-5-18-13/h1-4,13,18H,5-12H2. The lowest BCUT2D eigenvalue weighted by Gasteiger charge is -2.37. The molecule has 1 amide bonds. The molecule has 0 aliphatic carbocycles. The SMILES string of the molecule is O=C(CC1COCCN1)N1CCN(c2ccccc2Cl)CC1. The van der Waals surface area contributed by atoms with Gasteiger partial charge in [0.1, 0.15) is 0 Å². The van der Waals surface area contributed by atoms with E-state index in [1.807, 2.05) is 29.2 Å². The number of carbonyl (C=O) groups is 1. The Hall–Kier alpha value is -1.30. The van der Waals surface area contributed by atoms with Crippen molar-refractivity contribution in [3.05, 3.63) is 29.3 Å². The number of hydrogen-bond acceptors (Lipinski definition) is 4. The van der Waals surface area contributed by atoms with Gasteiger partial charge in [-0.3, -0.25) is 4.79 Å². The van der Waals surface area contributed by atoms with Gasteiger partial charge in [-0.05, 0) is 12.1 Å². The first-order valence-electron chi connectivity index (χ1n) is 7.82. The Bertz CT molecular complexity index is 512. The molecule has 6 heteroatoms. The molecular weight excluding hydrogens is 302 g/mol.